The van der Waals surface area contributed by atoms with Gasteiger partial charge in [0.15, 0.2) is 0 Å². The van der Waals surface area contributed by atoms with Crippen LogP contribution in [0.1, 0.15) is 15.9 Å². The number of hydrogen-bond donors (Lipinski definition) is 1. The highest BCUT2D eigenvalue weighted by molar-refractivity contribution is 6.67. The molecule has 0 spiro atoms. The van der Waals surface area contributed by atoms with E-state index in [4.69, 9.17) is 16.8 Å². The molecule has 0 radical (unpaired) electrons. The highest BCUT2D eigenvalue weighted by Gasteiger charge is 2.00. The van der Waals surface area contributed by atoms with Crippen LogP contribution in [-0.4, -0.2) is 15.8 Å². The van der Waals surface area contributed by atoms with E-state index < -0.39 is 10.6 Å². The van der Waals surface area contributed by atoms with Gasteiger partial charge in [0.25, 0.3) is 5.24 Å². The van der Waals surface area contributed by atoms with Gasteiger partial charge in [0.1, 0.15) is 0 Å². The zero-order valence-corrected chi connectivity index (χ0v) is 7.77. The molecule has 0 atom stereocenters. The Morgan fingerprint density at radius 1 is 1.50 bits per heavy atom. The average molecular weight is 217 g/mol. The fourth-order valence-electron chi connectivity index (χ4n) is 0.862. The van der Waals surface area contributed by atoms with Crippen LogP contribution in [0.5, 0.6) is 0 Å². The number of hydrogen-bond acceptors (Lipinski definition) is 5. The van der Waals surface area contributed by atoms with Crippen molar-refractivity contribution in [3.05, 3.63) is 40.6 Å². The predicted molar refractivity (Wildman–Crippen MR) is 48.4 cm³/mol. The van der Waals surface area contributed by atoms with Crippen molar-refractivity contribution in [2.45, 2.75) is 6.61 Å². The largest absolute Gasteiger partial charge is 0.738 e. The van der Waals surface area contributed by atoms with Crippen LogP contribution in [0.4, 0.5) is 0 Å². The van der Waals surface area contributed by atoms with Crippen molar-refractivity contribution < 1.29 is 14.8 Å². The lowest BCUT2D eigenvalue weighted by Crippen LogP contribution is -2.10. The van der Waals surface area contributed by atoms with Crippen molar-refractivity contribution >= 4 is 16.8 Å². The van der Waals surface area contributed by atoms with Gasteiger partial charge in [-0.05, 0) is 29.3 Å². The molecule has 0 saturated heterocycles. The van der Waals surface area contributed by atoms with Crippen molar-refractivity contribution in [3.63, 3.8) is 0 Å². The monoisotopic (exact) mass is 216 g/mol. The van der Waals surface area contributed by atoms with Crippen LogP contribution in [0.2, 0.25) is 0 Å². The maximum Gasteiger partial charge on any atom is 0.252 e. The van der Waals surface area contributed by atoms with E-state index in [1.807, 2.05) is 0 Å². The zero-order chi connectivity index (χ0) is 10.6. The molecule has 1 aromatic rings. The first-order valence-corrected chi connectivity index (χ1v) is 4.05. The minimum atomic E-state index is -0.624. The van der Waals surface area contributed by atoms with Crippen LogP contribution >= 0.6 is 11.6 Å². The highest BCUT2D eigenvalue weighted by atomic mass is 35.5. The number of rotatable bonds is 4. The summed E-state index contributed by atoms with van der Waals surface area (Å²) in [6.07, 6.45) is 0. The Morgan fingerprint density at radius 2 is 2.07 bits per heavy atom. The first kappa shape index (κ1) is 11.1. The van der Waals surface area contributed by atoms with E-state index >= 15 is 0 Å². The van der Waals surface area contributed by atoms with Gasteiger partial charge in [0.05, 0.1) is 6.61 Å². The van der Waals surface area contributed by atoms with Gasteiger partial charge in [-0.25, -0.2) is 0 Å². The predicted octanol–water partition coefficient (Wildman–Crippen LogP) is 1.69. The molecule has 6 heteroatoms. The van der Waals surface area contributed by atoms with Crippen LogP contribution in [0.3, 0.4) is 0 Å². The molecule has 1 aromatic carbocycles. The van der Waals surface area contributed by atoms with E-state index in [1.54, 1.807) is 12.1 Å². The summed E-state index contributed by atoms with van der Waals surface area (Å²) >= 11 is 5.21. The molecule has 14 heavy (non-hydrogen) atoms. The molecule has 1 rings (SSSR count). The maximum atomic E-state index is 10.7. The van der Waals surface area contributed by atoms with Gasteiger partial charge in [-0.3, -0.25) is 9.63 Å². The van der Waals surface area contributed by atoms with Crippen molar-refractivity contribution in [2.24, 2.45) is 0 Å². The molecule has 0 aliphatic heterocycles. The van der Waals surface area contributed by atoms with Crippen molar-refractivity contribution in [1.29, 1.82) is 0 Å². The van der Waals surface area contributed by atoms with Crippen molar-refractivity contribution in [2.75, 3.05) is 0 Å². The summed E-state index contributed by atoms with van der Waals surface area (Å²) in [5.74, 6) is 0. The van der Waals surface area contributed by atoms with E-state index in [0.29, 0.717) is 11.1 Å². The summed E-state index contributed by atoms with van der Waals surface area (Å²) < 4.78 is 0. The fourth-order valence-corrected chi connectivity index (χ4v) is 0.988. The minimum absolute atomic E-state index is 0.0727. The van der Waals surface area contributed by atoms with Crippen LogP contribution in [0.25, 0.3) is 0 Å². The van der Waals surface area contributed by atoms with Crippen molar-refractivity contribution in [3.8, 4) is 0 Å². The average Bonchev–Trinajstić information content (AvgIpc) is 2.15. The van der Waals surface area contributed by atoms with Gasteiger partial charge in [0.2, 0.25) is 0 Å². The third kappa shape index (κ3) is 3.41. The van der Waals surface area contributed by atoms with E-state index in [2.05, 4.69) is 4.84 Å². The fraction of sp³-hybridized carbons (Fsp3) is 0.125. The molecule has 0 fully saturated rings. The third-order valence-electron chi connectivity index (χ3n) is 1.52. The van der Waals surface area contributed by atoms with Crippen LogP contribution < -0.4 is 0 Å². The number of carbonyl (C=O) groups excluding carboxylic acids is 1. The molecule has 0 aliphatic carbocycles. The molecule has 0 aromatic heterocycles. The number of carbonyl (C=O) groups is 1. The van der Waals surface area contributed by atoms with Crippen LogP contribution in [-0.2, 0) is 11.4 Å². The minimum Gasteiger partial charge on any atom is -0.738 e. The van der Waals surface area contributed by atoms with Gasteiger partial charge in [-0.15, -0.1) is 5.39 Å². The molecule has 0 heterocycles. The molecule has 76 valence electrons. The molecular weight excluding hydrogens is 210 g/mol. The Balaban J connectivity index is 2.60. The second-order valence-electron chi connectivity index (χ2n) is 2.48. The lowest BCUT2D eigenvalue weighted by atomic mass is 10.2. The maximum absolute atomic E-state index is 10.7. The number of halogens is 1. The summed E-state index contributed by atoms with van der Waals surface area (Å²) in [4.78, 5) is 14.9. The van der Waals surface area contributed by atoms with Crippen LogP contribution in [0.15, 0.2) is 24.3 Å². The Kier molecular flexibility index (Phi) is 3.99. The second-order valence-corrected chi connectivity index (χ2v) is 2.83. The smallest absolute Gasteiger partial charge is 0.252 e. The first-order chi connectivity index (χ1) is 6.59. The lowest BCUT2D eigenvalue weighted by molar-refractivity contribution is -0.312. The second kappa shape index (κ2) is 5.04. The summed E-state index contributed by atoms with van der Waals surface area (Å²) in [5.41, 5.74) is 1.000. The molecule has 0 unspecified atom stereocenters. The molecule has 0 bridgehead atoms. The van der Waals surface area contributed by atoms with E-state index in [0.717, 1.165) is 0 Å². The molecule has 0 aliphatic rings. The molecular formula is C8H7ClNO4-. The Hall–Kier alpha value is -0.980. The highest BCUT2D eigenvalue weighted by Crippen LogP contribution is 2.08. The summed E-state index contributed by atoms with van der Waals surface area (Å²) in [5, 5.41) is 16.9. The van der Waals surface area contributed by atoms with Gasteiger partial charge >= 0.3 is 0 Å². The number of nitrogens with zero attached hydrogens (tertiary/aromatic N) is 1. The van der Waals surface area contributed by atoms with Crippen molar-refractivity contribution in [1.82, 2.24) is 5.39 Å². The van der Waals surface area contributed by atoms with Gasteiger partial charge in [0, 0.05) is 5.56 Å². The normalized spacial score (nSPS) is 10.6. The van der Waals surface area contributed by atoms with E-state index in [-0.39, 0.29) is 6.61 Å². The summed E-state index contributed by atoms with van der Waals surface area (Å²) in [6, 6.07) is 6.14. The zero-order valence-electron chi connectivity index (χ0n) is 7.01. The van der Waals surface area contributed by atoms with Gasteiger partial charge in [-0.1, -0.05) is 12.1 Å². The van der Waals surface area contributed by atoms with Gasteiger partial charge in [-0.2, -0.15) is 0 Å². The Morgan fingerprint density at radius 3 is 2.50 bits per heavy atom. The Bertz CT molecular complexity index is 312. The lowest BCUT2D eigenvalue weighted by Gasteiger charge is -2.17. The first-order valence-electron chi connectivity index (χ1n) is 3.67. The standard InChI is InChI=1S/C8H7ClNO4/c9-8(11)7-3-1-6(2-4-7)5-14-10(12)13/h1-4,12H,5H2/q-1. The summed E-state index contributed by atoms with van der Waals surface area (Å²) in [7, 11) is 0. The third-order valence-corrected chi connectivity index (χ3v) is 1.74. The SMILES string of the molecule is O=C(Cl)c1ccc(CON([O-])O)cc1. The molecule has 5 nitrogen and oxygen atoms in total. The van der Waals surface area contributed by atoms with Gasteiger partial charge < -0.3 is 10.4 Å². The van der Waals surface area contributed by atoms with E-state index in [9.17, 15) is 10.0 Å². The van der Waals surface area contributed by atoms with Crippen LogP contribution in [0, 0.1) is 5.21 Å². The Labute approximate surface area is 85.0 Å². The quantitative estimate of drug-likeness (QED) is 0.612. The number of benzene rings is 1. The molecule has 0 amide bonds. The van der Waals surface area contributed by atoms with E-state index in [1.165, 1.54) is 12.1 Å². The topological polar surface area (TPSA) is 72.8 Å². The molecule has 1 N–H and O–H groups in total. The molecule has 0 saturated carbocycles. The summed E-state index contributed by atoms with van der Waals surface area (Å²) in [6.45, 7) is -0.0727.